The normalized spacial score (nSPS) is 26.0. The third-order valence-electron chi connectivity index (χ3n) is 4.89. The molecule has 8 heteroatoms. The molecule has 1 amide bonds. The molecular weight excluding hydrogens is 377 g/mol. The number of nitrogens with two attached hydrogens (primary N) is 1. The minimum Gasteiger partial charge on any atom is -0.497 e. The maximum Gasteiger partial charge on any atom is 0.237 e. The zero-order chi connectivity index (χ0) is 17.1. The average molecular weight is 406 g/mol. The van der Waals surface area contributed by atoms with Crippen LogP contribution in [0.1, 0.15) is 18.9 Å². The molecule has 2 fully saturated rings. The van der Waals surface area contributed by atoms with E-state index in [0.29, 0.717) is 12.5 Å². The number of nitrogens with zero attached hydrogens (tertiary/aromatic N) is 1. The van der Waals surface area contributed by atoms with Crippen molar-refractivity contribution in [1.82, 2.24) is 10.2 Å². The summed E-state index contributed by atoms with van der Waals surface area (Å²) in [5.74, 6) is 0.723. The minimum atomic E-state index is -0.536. The molecule has 0 saturated carbocycles. The van der Waals surface area contributed by atoms with Crippen molar-refractivity contribution in [3.8, 4) is 5.75 Å². The van der Waals surface area contributed by atoms with Crippen LogP contribution in [0.15, 0.2) is 24.3 Å². The van der Waals surface area contributed by atoms with Crippen LogP contribution in [0.5, 0.6) is 5.75 Å². The first-order chi connectivity index (χ1) is 11.5. The van der Waals surface area contributed by atoms with Gasteiger partial charge in [-0.05, 0) is 37.5 Å². The summed E-state index contributed by atoms with van der Waals surface area (Å²) < 4.78 is 10.8. The van der Waals surface area contributed by atoms with Gasteiger partial charge in [-0.2, -0.15) is 0 Å². The van der Waals surface area contributed by atoms with E-state index in [1.807, 2.05) is 24.3 Å². The highest BCUT2D eigenvalue weighted by atomic mass is 35.5. The molecule has 2 saturated heterocycles. The molecule has 3 N–H and O–H groups in total. The third-order valence-corrected chi connectivity index (χ3v) is 4.89. The first-order valence-electron chi connectivity index (χ1n) is 8.59. The molecule has 1 aromatic rings. The van der Waals surface area contributed by atoms with Gasteiger partial charge < -0.3 is 20.5 Å². The Morgan fingerprint density at radius 2 is 2.04 bits per heavy atom. The number of benzene rings is 1. The Morgan fingerprint density at radius 3 is 2.69 bits per heavy atom. The summed E-state index contributed by atoms with van der Waals surface area (Å²) in [4.78, 5) is 14.8. The van der Waals surface area contributed by atoms with Crippen LogP contribution in [0.25, 0.3) is 0 Å². The largest absolute Gasteiger partial charge is 0.497 e. The molecule has 0 radical (unpaired) electrons. The number of halogens is 2. The van der Waals surface area contributed by atoms with Crippen molar-refractivity contribution in [2.24, 2.45) is 5.73 Å². The van der Waals surface area contributed by atoms with Gasteiger partial charge in [-0.15, -0.1) is 24.8 Å². The number of morpholine rings is 1. The number of hydrogen-bond donors (Lipinski definition) is 2. The van der Waals surface area contributed by atoms with Gasteiger partial charge in [-0.25, -0.2) is 0 Å². The maximum atomic E-state index is 12.4. The third kappa shape index (κ3) is 5.72. The predicted octanol–water partition coefficient (Wildman–Crippen LogP) is 1.39. The zero-order valence-corrected chi connectivity index (χ0v) is 16.9. The Hall–Kier alpha value is -1.05. The van der Waals surface area contributed by atoms with Crippen molar-refractivity contribution >= 4 is 30.7 Å². The van der Waals surface area contributed by atoms with E-state index in [9.17, 15) is 4.79 Å². The summed E-state index contributed by atoms with van der Waals surface area (Å²) in [5.41, 5.74) is 7.12. The van der Waals surface area contributed by atoms with Crippen LogP contribution in [0.4, 0.5) is 0 Å². The average Bonchev–Trinajstić information content (AvgIpc) is 2.96. The van der Waals surface area contributed by atoms with Gasteiger partial charge in [-0.3, -0.25) is 9.69 Å². The molecule has 3 rings (SSSR count). The van der Waals surface area contributed by atoms with E-state index in [0.717, 1.165) is 37.4 Å². The molecule has 0 unspecified atom stereocenters. The van der Waals surface area contributed by atoms with E-state index in [1.165, 1.54) is 0 Å². The van der Waals surface area contributed by atoms with Crippen molar-refractivity contribution in [2.45, 2.75) is 44.0 Å². The summed E-state index contributed by atoms with van der Waals surface area (Å²) in [5, 5.41) is 3.11. The lowest BCUT2D eigenvalue weighted by Crippen LogP contribution is -2.47. The molecule has 148 valence electrons. The quantitative estimate of drug-likeness (QED) is 0.773. The van der Waals surface area contributed by atoms with Gasteiger partial charge in [0.05, 0.1) is 25.9 Å². The van der Waals surface area contributed by atoms with Crippen molar-refractivity contribution in [3.63, 3.8) is 0 Å². The highest BCUT2D eigenvalue weighted by Gasteiger charge is 2.37. The summed E-state index contributed by atoms with van der Waals surface area (Å²) >= 11 is 0. The molecule has 0 aromatic heterocycles. The van der Waals surface area contributed by atoms with Gasteiger partial charge in [0.1, 0.15) is 5.75 Å². The topological polar surface area (TPSA) is 76.8 Å². The van der Waals surface area contributed by atoms with Crippen molar-refractivity contribution in [2.75, 3.05) is 26.8 Å². The van der Waals surface area contributed by atoms with Crippen LogP contribution < -0.4 is 15.8 Å². The molecule has 0 bridgehead atoms. The highest BCUT2D eigenvalue weighted by molar-refractivity contribution is 5.85. The molecule has 6 nitrogen and oxygen atoms in total. The van der Waals surface area contributed by atoms with Gasteiger partial charge in [0.25, 0.3) is 0 Å². The van der Waals surface area contributed by atoms with Crippen LogP contribution in [0.3, 0.4) is 0 Å². The Kier molecular flexibility index (Phi) is 9.13. The second-order valence-electron chi connectivity index (χ2n) is 6.85. The molecule has 0 aliphatic carbocycles. The molecule has 4 atom stereocenters. The number of amides is 1. The van der Waals surface area contributed by atoms with Gasteiger partial charge in [0, 0.05) is 25.2 Å². The van der Waals surface area contributed by atoms with E-state index >= 15 is 0 Å². The Bertz CT molecular complexity index is 573. The van der Waals surface area contributed by atoms with Gasteiger partial charge >= 0.3 is 0 Å². The van der Waals surface area contributed by atoms with Crippen LogP contribution >= 0.6 is 24.8 Å². The number of ether oxygens (including phenoxy) is 2. The second-order valence-corrected chi connectivity index (χ2v) is 6.85. The zero-order valence-electron chi connectivity index (χ0n) is 15.2. The molecule has 26 heavy (non-hydrogen) atoms. The minimum absolute atomic E-state index is 0. The molecule has 2 aliphatic rings. The maximum absolute atomic E-state index is 12.4. The van der Waals surface area contributed by atoms with E-state index in [1.54, 1.807) is 7.11 Å². The monoisotopic (exact) mass is 405 g/mol. The fourth-order valence-corrected chi connectivity index (χ4v) is 3.56. The second kappa shape index (κ2) is 10.3. The van der Waals surface area contributed by atoms with Crippen molar-refractivity contribution in [3.05, 3.63) is 29.8 Å². The highest BCUT2D eigenvalue weighted by Crippen LogP contribution is 2.23. The summed E-state index contributed by atoms with van der Waals surface area (Å²) in [6.07, 6.45) is 1.73. The van der Waals surface area contributed by atoms with Gasteiger partial charge in [0.2, 0.25) is 5.91 Å². The Balaban J connectivity index is 0.00000169. The van der Waals surface area contributed by atoms with Gasteiger partial charge in [0.15, 0.2) is 0 Å². The van der Waals surface area contributed by atoms with E-state index in [2.05, 4.69) is 17.1 Å². The van der Waals surface area contributed by atoms with Crippen LogP contribution in [0, 0.1) is 0 Å². The molecule has 0 spiro atoms. The lowest BCUT2D eigenvalue weighted by atomic mass is 10.1. The van der Waals surface area contributed by atoms with E-state index in [4.69, 9.17) is 15.2 Å². The molecule has 2 aliphatic heterocycles. The van der Waals surface area contributed by atoms with Gasteiger partial charge in [-0.1, -0.05) is 12.1 Å². The first-order valence-corrected chi connectivity index (χ1v) is 8.59. The van der Waals surface area contributed by atoms with E-state index < -0.39 is 6.04 Å². The lowest BCUT2D eigenvalue weighted by molar-refractivity contribution is -0.123. The van der Waals surface area contributed by atoms with E-state index in [-0.39, 0.29) is 42.9 Å². The summed E-state index contributed by atoms with van der Waals surface area (Å²) in [6.45, 7) is 4.67. The van der Waals surface area contributed by atoms with Crippen LogP contribution in [0.2, 0.25) is 0 Å². The Morgan fingerprint density at radius 1 is 1.35 bits per heavy atom. The predicted molar refractivity (Wildman–Crippen MR) is 106 cm³/mol. The standard InChI is InChI=1S/C18H27N3O3.2ClH/c1-12-9-21-10-14(8-15(21)11-24-12)20-18(22)17(19)7-13-3-5-16(23-2)6-4-13;;/h3-6,12,14-15,17H,7-11,19H2,1-2H3,(H,20,22);2*1H/t12-,14+,15+,17+;;/m1../s1. The Labute approximate surface area is 167 Å². The van der Waals surface area contributed by atoms with Crippen molar-refractivity contribution < 1.29 is 14.3 Å². The number of fused-ring (bicyclic) bond motifs is 1. The number of carbonyl (C=O) groups excluding carboxylic acids is 1. The fraction of sp³-hybridized carbons (Fsp3) is 0.611. The molecule has 2 heterocycles. The molecular formula is C18H29Cl2N3O3. The SMILES string of the molecule is COc1ccc(C[C@H](N)C(=O)N[C@H]2C[C@H]3CO[C@H](C)CN3C2)cc1.Cl.Cl. The smallest absolute Gasteiger partial charge is 0.237 e. The number of nitrogens with one attached hydrogen (secondary N) is 1. The number of rotatable bonds is 5. The van der Waals surface area contributed by atoms with Crippen LogP contribution in [-0.2, 0) is 16.0 Å². The fourth-order valence-electron chi connectivity index (χ4n) is 3.56. The lowest BCUT2D eigenvalue weighted by Gasteiger charge is -2.33. The first kappa shape index (κ1) is 23.0. The number of hydrogen-bond acceptors (Lipinski definition) is 5. The summed E-state index contributed by atoms with van der Waals surface area (Å²) in [7, 11) is 1.63. The molecule has 1 aromatic carbocycles. The van der Waals surface area contributed by atoms with Crippen molar-refractivity contribution in [1.29, 1.82) is 0 Å². The number of carbonyl (C=O) groups is 1. The van der Waals surface area contributed by atoms with Crippen LogP contribution in [-0.4, -0.2) is 61.8 Å². The number of methoxy groups -OCH3 is 1. The summed E-state index contributed by atoms with van der Waals surface area (Å²) in [6, 6.07) is 7.71.